The number of hydrogen-bond donors (Lipinski definition) is 2. The summed E-state index contributed by atoms with van der Waals surface area (Å²) in [5, 5.41) is 0. The van der Waals surface area contributed by atoms with Crippen molar-refractivity contribution in [3.05, 3.63) is 59.7 Å². The molecule has 2 aromatic carbocycles. The summed E-state index contributed by atoms with van der Waals surface area (Å²) in [6.45, 7) is 6.06. The third-order valence-electron chi connectivity index (χ3n) is 4.50. The minimum atomic E-state index is -4.22. The standard InChI is InChI=1S/C18H22O6S2/c1-13(14-4-8-16(9-5-14)25(19,20)21)12-18(2,3)15-6-10-17(11-7-15)26(22,23)24/h4-11,13H,12H2,1-3H3,(H,19,20,21)(H,22,23,24). The second kappa shape index (κ2) is 7.11. The van der Waals surface area contributed by atoms with E-state index >= 15 is 0 Å². The molecule has 0 radical (unpaired) electrons. The Bertz CT molecular complexity index is 973. The van der Waals surface area contributed by atoms with Gasteiger partial charge in [-0.2, -0.15) is 16.8 Å². The first-order valence-electron chi connectivity index (χ1n) is 7.96. The van der Waals surface area contributed by atoms with Crippen LogP contribution in [0.25, 0.3) is 0 Å². The summed E-state index contributed by atoms with van der Waals surface area (Å²) in [5.74, 6) is 0.0988. The normalized spacial score (nSPS) is 14.2. The molecule has 0 aromatic heterocycles. The van der Waals surface area contributed by atoms with Crippen molar-refractivity contribution in [3.63, 3.8) is 0 Å². The molecule has 1 atom stereocenters. The average Bonchev–Trinajstić information content (AvgIpc) is 2.53. The molecule has 0 spiro atoms. The highest BCUT2D eigenvalue weighted by Gasteiger charge is 2.25. The first kappa shape index (κ1) is 20.6. The SMILES string of the molecule is CC(CC(C)(C)c1ccc(S(=O)(=O)O)cc1)c1ccc(S(=O)(=O)O)cc1. The van der Waals surface area contributed by atoms with Crippen LogP contribution in [0.1, 0.15) is 44.2 Å². The first-order valence-corrected chi connectivity index (χ1v) is 10.8. The molecule has 142 valence electrons. The summed E-state index contributed by atoms with van der Waals surface area (Å²) in [5.41, 5.74) is 1.57. The Balaban J connectivity index is 2.20. The average molecular weight is 399 g/mol. The van der Waals surface area contributed by atoms with Crippen molar-refractivity contribution in [2.45, 2.75) is 48.3 Å². The Morgan fingerprint density at radius 1 is 0.808 bits per heavy atom. The molecule has 0 amide bonds. The van der Waals surface area contributed by atoms with Crippen molar-refractivity contribution >= 4 is 20.2 Å². The van der Waals surface area contributed by atoms with Crippen molar-refractivity contribution in [3.8, 4) is 0 Å². The molecule has 26 heavy (non-hydrogen) atoms. The lowest BCUT2D eigenvalue weighted by Crippen LogP contribution is -2.20. The van der Waals surface area contributed by atoms with Gasteiger partial charge in [-0.3, -0.25) is 9.11 Å². The van der Waals surface area contributed by atoms with Crippen LogP contribution < -0.4 is 0 Å². The topological polar surface area (TPSA) is 109 Å². The summed E-state index contributed by atoms with van der Waals surface area (Å²) in [7, 11) is -8.43. The van der Waals surface area contributed by atoms with E-state index in [-0.39, 0.29) is 21.1 Å². The molecule has 0 fully saturated rings. The Morgan fingerprint density at radius 2 is 1.19 bits per heavy atom. The van der Waals surface area contributed by atoms with E-state index in [1.807, 2.05) is 20.8 Å². The zero-order valence-electron chi connectivity index (χ0n) is 14.7. The van der Waals surface area contributed by atoms with E-state index in [0.717, 1.165) is 17.5 Å². The van der Waals surface area contributed by atoms with Gasteiger partial charge in [-0.05, 0) is 53.1 Å². The maximum absolute atomic E-state index is 11.1. The van der Waals surface area contributed by atoms with Crippen molar-refractivity contribution < 1.29 is 25.9 Å². The quantitative estimate of drug-likeness (QED) is 0.719. The molecule has 6 nitrogen and oxygen atoms in total. The highest BCUT2D eigenvalue weighted by Crippen LogP contribution is 2.35. The largest absolute Gasteiger partial charge is 0.294 e. The van der Waals surface area contributed by atoms with Gasteiger partial charge in [0.05, 0.1) is 9.79 Å². The molecule has 1 unspecified atom stereocenters. The van der Waals surface area contributed by atoms with Crippen molar-refractivity contribution in [1.82, 2.24) is 0 Å². The second-order valence-electron chi connectivity index (χ2n) is 7.03. The Hall–Kier alpha value is -1.74. The number of rotatable bonds is 6. The van der Waals surface area contributed by atoms with Crippen LogP contribution in [-0.2, 0) is 25.7 Å². The summed E-state index contributed by atoms with van der Waals surface area (Å²) >= 11 is 0. The van der Waals surface area contributed by atoms with Crippen molar-refractivity contribution in [2.75, 3.05) is 0 Å². The summed E-state index contributed by atoms with van der Waals surface area (Å²) in [6, 6.07) is 12.2. The Kier molecular flexibility index (Phi) is 5.63. The van der Waals surface area contributed by atoms with Gasteiger partial charge in [-0.1, -0.05) is 45.0 Å². The molecule has 0 heterocycles. The smallest absolute Gasteiger partial charge is 0.282 e. The molecule has 0 saturated carbocycles. The Labute approximate surface area is 154 Å². The van der Waals surface area contributed by atoms with E-state index in [2.05, 4.69) is 0 Å². The van der Waals surface area contributed by atoms with Crippen molar-refractivity contribution in [2.24, 2.45) is 0 Å². The number of hydrogen-bond acceptors (Lipinski definition) is 4. The predicted octanol–water partition coefficient (Wildman–Crippen LogP) is 3.65. The van der Waals surface area contributed by atoms with Crippen LogP contribution in [0.5, 0.6) is 0 Å². The zero-order valence-corrected chi connectivity index (χ0v) is 16.4. The van der Waals surface area contributed by atoms with Gasteiger partial charge in [-0.25, -0.2) is 0 Å². The third-order valence-corrected chi connectivity index (χ3v) is 6.23. The zero-order chi connectivity index (χ0) is 19.8. The molecular formula is C18H22O6S2. The monoisotopic (exact) mass is 398 g/mol. The van der Waals surface area contributed by atoms with Crippen LogP contribution in [0, 0.1) is 0 Å². The fourth-order valence-electron chi connectivity index (χ4n) is 3.05. The first-order chi connectivity index (χ1) is 11.8. The maximum Gasteiger partial charge on any atom is 0.294 e. The molecule has 0 aliphatic rings. The van der Waals surface area contributed by atoms with Crippen LogP contribution in [0.15, 0.2) is 58.3 Å². The molecule has 2 N–H and O–H groups in total. The van der Waals surface area contributed by atoms with Crippen LogP contribution in [-0.4, -0.2) is 25.9 Å². The molecule has 0 saturated heterocycles. The van der Waals surface area contributed by atoms with Crippen LogP contribution >= 0.6 is 0 Å². The fourth-order valence-corrected chi connectivity index (χ4v) is 4.01. The minimum Gasteiger partial charge on any atom is -0.282 e. The Morgan fingerprint density at radius 3 is 1.58 bits per heavy atom. The van der Waals surface area contributed by atoms with Crippen LogP contribution in [0.4, 0.5) is 0 Å². The second-order valence-corrected chi connectivity index (χ2v) is 9.88. The molecule has 0 aliphatic heterocycles. The fraction of sp³-hybridized carbons (Fsp3) is 0.333. The van der Waals surface area contributed by atoms with Gasteiger partial charge in [0.1, 0.15) is 0 Å². The lowest BCUT2D eigenvalue weighted by molar-refractivity contribution is 0.437. The third kappa shape index (κ3) is 4.91. The molecule has 2 rings (SSSR count). The van der Waals surface area contributed by atoms with E-state index in [1.165, 1.54) is 24.3 Å². The van der Waals surface area contributed by atoms with E-state index in [4.69, 9.17) is 9.11 Å². The van der Waals surface area contributed by atoms with Gasteiger partial charge >= 0.3 is 0 Å². The van der Waals surface area contributed by atoms with Gasteiger partial charge in [0.15, 0.2) is 0 Å². The summed E-state index contributed by atoms with van der Waals surface area (Å²) < 4.78 is 62.7. The highest BCUT2D eigenvalue weighted by atomic mass is 32.2. The van der Waals surface area contributed by atoms with Gasteiger partial charge in [0.2, 0.25) is 0 Å². The van der Waals surface area contributed by atoms with Crippen molar-refractivity contribution in [1.29, 1.82) is 0 Å². The summed E-state index contributed by atoms with van der Waals surface area (Å²) in [6.07, 6.45) is 0.726. The molecule has 8 heteroatoms. The van der Waals surface area contributed by atoms with E-state index in [0.29, 0.717) is 0 Å². The lowest BCUT2D eigenvalue weighted by Gasteiger charge is -2.29. The van der Waals surface area contributed by atoms with Crippen LogP contribution in [0.2, 0.25) is 0 Å². The van der Waals surface area contributed by atoms with E-state index < -0.39 is 20.2 Å². The molecule has 0 aliphatic carbocycles. The van der Waals surface area contributed by atoms with Gasteiger partial charge in [0.25, 0.3) is 20.2 Å². The van der Waals surface area contributed by atoms with E-state index in [9.17, 15) is 16.8 Å². The maximum atomic E-state index is 11.1. The lowest BCUT2D eigenvalue weighted by atomic mass is 9.76. The van der Waals surface area contributed by atoms with Crippen LogP contribution in [0.3, 0.4) is 0 Å². The predicted molar refractivity (Wildman–Crippen MR) is 98.6 cm³/mol. The highest BCUT2D eigenvalue weighted by molar-refractivity contribution is 7.86. The minimum absolute atomic E-state index is 0.0988. The van der Waals surface area contributed by atoms with E-state index in [1.54, 1.807) is 24.3 Å². The molecule has 0 bridgehead atoms. The molecular weight excluding hydrogens is 376 g/mol. The van der Waals surface area contributed by atoms with Gasteiger partial charge in [0, 0.05) is 0 Å². The van der Waals surface area contributed by atoms with Gasteiger partial charge < -0.3 is 0 Å². The molecule has 2 aromatic rings. The summed E-state index contributed by atoms with van der Waals surface area (Å²) in [4.78, 5) is -0.292. The number of benzene rings is 2. The van der Waals surface area contributed by atoms with Gasteiger partial charge in [-0.15, -0.1) is 0 Å².